The molecule has 2 unspecified atom stereocenters. The first-order valence-corrected chi connectivity index (χ1v) is 6.33. The Bertz CT molecular complexity index is 431. The number of piperazine rings is 1. The van der Waals surface area contributed by atoms with E-state index in [9.17, 15) is 9.18 Å². The summed E-state index contributed by atoms with van der Waals surface area (Å²) in [5, 5.41) is 3.38. The monoisotopic (exact) mass is 286 g/mol. The van der Waals surface area contributed by atoms with Crippen molar-refractivity contribution in [2.45, 2.75) is 32.4 Å². The third-order valence-electron chi connectivity index (χ3n) is 3.15. The summed E-state index contributed by atoms with van der Waals surface area (Å²) in [7, 11) is 0. The molecule has 1 saturated heterocycles. The smallest absolute Gasteiger partial charge is 0.227 e. The van der Waals surface area contributed by atoms with Gasteiger partial charge >= 0.3 is 0 Å². The number of nitrogens with one attached hydrogen (secondary N) is 1. The first-order chi connectivity index (χ1) is 8.54. The van der Waals surface area contributed by atoms with E-state index in [1.54, 1.807) is 12.1 Å². The van der Waals surface area contributed by atoms with Crippen molar-refractivity contribution in [3.63, 3.8) is 0 Å². The van der Waals surface area contributed by atoms with Crippen molar-refractivity contribution in [3.8, 4) is 0 Å². The van der Waals surface area contributed by atoms with Crippen LogP contribution in [0.1, 0.15) is 19.4 Å². The summed E-state index contributed by atoms with van der Waals surface area (Å²) in [6.45, 7) is 5.58. The third kappa shape index (κ3) is 4.48. The lowest BCUT2D eigenvalue weighted by Gasteiger charge is -2.36. The molecular weight excluding hydrogens is 267 g/mol. The summed E-state index contributed by atoms with van der Waals surface area (Å²) in [5.74, 6) is -0.219. The lowest BCUT2D eigenvalue weighted by molar-refractivity contribution is -0.132. The second kappa shape index (κ2) is 6.87. The lowest BCUT2D eigenvalue weighted by atomic mass is 10.1. The quantitative estimate of drug-likeness (QED) is 0.902. The SMILES string of the molecule is CC1CN(C(=O)Cc2cccc(F)c2)CC(C)N1.Cl. The van der Waals surface area contributed by atoms with Gasteiger partial charge in [-0.2, -0.15) is 0 Å². The van der Waals surface area contributed by atoms with Crippen LogP contribution in [0.3, 0.4) is 0 Å². The highest BCUT2D eigenvalue weighted by molar-refractivity contribution is 5.85. The Balaban J connectivity index is 0.00000180. The molecule has 0 bridgehead atoms. The van der Waals surface area contributed by atoms with Crippen molar-refractivity contribution >= 4 is 18.3 Å². The standard InChI is InChI=1S/C14H19FN2O.ClH/c1-10-8-17(9-11(2)16-10)14(18)7-12-4-3-5-13(15)6-12;/h3-6,10-11,16H,7-9H2,1-2H3;1H. The molecule has 1 aromatic rings. The van der Waals surface area contributed by atoms with E-state index in [1.807, 2.05) is 4.90 Å². The molecule has 2 rings (SSSR count). The van der Waals surface area contributed by atoms with Crippen LogP contribution in [0.25, 0.3) is 0 Å². The zero-order valence-electron chi connectivity index (χ0n) is 11.2. The minimum absolute atomic E-state index is 0. The van der Waals surface area contributed by atoms with E-state index in [0.717, 1.165) is 18.7 Å². The van der Waals surface area contributed by atoms with E-state index < -0.39 is 0 Å². The van der Waals surface area contributed by atoms with Gasteiger partial charge in [-0.3, -0.25) is 4.79 Å². The molecule has 1 fully saturated rings. The molecule has 106 valence electrons. The van der Waals surface area contributed by atoms with Gasteiger partial charge in [-0.1, -0.05) is 12.1 Å². The van der Waals surface area contributed by atoms with Crippen LogP contribution in [-0.4, -0.2) is 36.0 Å². The van der Waals surface area contributed by atoms with Gasteiger partial charge in [-0.25, -0.2) is 4.39 Å². The molecule has 1 aliphatic rings. The Morgan fingerprint density at radius 1 is 1.37 bits per heavy atom. The molecule has 0 radical (unpaired) electrons. The topological polar surface area (TPSA) is 32.3 Å². The second-order valence-corrected chi connectivity index (χ2v) is 5.07. The number of carbonyl (C=O) groups is 1. The van der Waals surface area contributed by atoms with Gasteiger partial charge in [0.1, 0.15) is 5.82 Å². The van der Waals surface area contributed by atoms with Crippen LogP contribution in [-0.2, 0) is 11.2 Å². The molecule has 1 N–H and O–H groups in total. The third-order valence-corrected chi connectivity index (χ3v) is 3.15. The Labute approximate surface area is 119 Å². The van der Waals surface area contributed by atoms with Gasteiger partial charge in [-0.05, 0) is 31.5 Å². The van der Waals surface area contributed by atoms with Crippen molar-refractivity contribution < 1.29 is 9.18 Å². The van der Waals surface area contributed by atoms with Crippen LogP contribution in [0, 0.1) is 5.82 Å². The summed E-state index contributed by atoms with van der Waals surface area (Å²) >= 11 is 0. The first kappa shape index (κ1) is 15.9. The highest BCUT2D eigenvalue weighted by atomic mass is 35.5. The molecule has 0 aliphatic carbocycles. The van der Waals surface area contributed by atoms with Crippen molar-refractivity contribution in [2.24, 2.45) is 0 Å². The second-order valence-electron chi connectivity index (χ2n) is 5.07. The van der Waals surface area contributed by atoms with E-state index in [1.165, 1.54) is 12.1 Å². The van der Waals surface area contributed by atoms with Gasteiger partial charge in [0.15, 0.2) is 0 Å². The largest absolute Gasteiger partial charge is 0.339 e. The fraction of sp³-hybridized carbons (Fsp3) is 0.500. The molecular formula is C14H20ClFN2O. The predicted octanol–water partition coefficient (Wildman–Crippen LogP) is 2.00. The molecule has 0 aromatic heterocycles. The molecule has 2 atom stereocenters. The van der Waals surface area contributed by atoms with E-state index in [0.29, 0.717) is 12.1 Å². The zero-order chi connectivity index (χ0) is 13.1. The number of halogens is 2. The van der Waals surface area contributed by atoms with Crippen molar-refractivity contribution in [1.29, 1.82) is 0 Å². The van der Waals surface area contributed by atoms with Gasteiger partial charge in [0.2, 0.25) is 5.91 Å². The summed E-state index contributed by atoms with van der Waals surface area (Å²) in [6.07, 6.45) is 0.275. The Morgan fingerprint density at radius 2 is 2.00 bits per heavy atom. The molecule has 1 aliphatic heterocycles. The maximum atomic E-state index is 13.0. The predicted molar refractivity (Wildman–Crippen MR) is 76.0 cm³/mol. The van der Waals surface area contributed by atoms with E-state index >= 15 is 0 Å². The van der Waals surface area contributed by atoms with Crippen molar-refractivity contribution in [2.75, 3.05) is 13.1 Å². The van der Waals surface area contributed by atoms with E-state index in [-0.39, 0.29) is 30.6 Å². The molecule has 1 amide bonds. The zero-order valence-corrected chi connectivity index (χ0v) is 12.0. The van der Waals surface area contributed by atoms with Crippen LogP contribution in [0.4, 0.5) is 4.39 Å². The Morgan fingerprint density at radius 3 is 2.58 bits per heavy atom. The highest BCUT2D eigenvalue weighted by Crippen LogP contribution is 2.09. The number of rotatable bonds is 2. The summed E-state index contributed by atoms with van der Waals surface area (Å²) in [4.78, 5) is 14.0. The number of hydrogen-bond acceptors (Lipinski definition) is 2. The Hall–Kier alpha value is -1.13. The van der Waals surface area contributed by atoms with E-state index in [2.05, 4.69) is 19.2 Å². The van der Waals surface area contributed by atoms with Gasteiger partial charge in [-0.15, -0.1) is 12.4 Å². The molecule has 5 heteroatoms. The van der Waals surface area contributed by atoms with Crippen LogP contribution in [0.15, 0.2) is 24.3 Å². The van der Waals surface area contributed by atoms with Gasteiger partial charge in [0.05, 0.1) is 6.42 Å². The summed E-state index contributed by atoms with van der Waals surface area (Å²) in [5.41, 5.74) is 0.735. The fourth-order valence-electron chi connectivity index (χ4n) is 2.46. The molecule has 3 nitrogen and oxygen atoms in total. The van der Waals surface area contributed by atoms with Crippen molar-refractivity contribution in [1.82, 2.24) is 10.2 Å². The van der Waals surface area contributed by atoms with Crippen LogP contribution < -0.4 is 5.32 Å². The molecule has 0 saturated carbocycles. The molecule has 1 aromatic carbocycles. The average molecular weight is 287 g/mol. The fourth-order valence-corrected chi connectivity index (χ4v) is 2.46. The van der Waals surface area contributed by atoms with Crippen LogP contribution >= 0.6 is 12.4 Å². The highest BCUT2D eigenvalue weighted by Gasteiger charge is 2.24. The molecule has 0 spiro atoms. The average Bonchev–Trinajstić information content (AvgIpc) is 2.27. The molecule has 19 heavy (non-hydrogen) atoms. The number of amides is 1. The number of carbonyl (C=O) groups excluding carboxylic acids is 1. The number of nitrogens with zero attached hydrogens (tertiary/aromatic N) is 1. The normalized spacial score (nSPS) is 22.8. The maximum absolute atomic E-state index is 13.0. The maximum Gasteiger partial charge on any atom is 0.227 e. The molecule has 1 heterocycles. The summed E-state index contributed by atoms with van der Waals surface area (Å²) < 4.78 is 13.0. The first-order valence-electron chi connectivity index (χ1n) is 6.33. The summed E-state index contributed by atoms with van der Waals surface area (Å²) in [6, 6.07) is 6.86. The van der Waals surface area contributed by atoms with Gasteiger partial charge < -0.3 is 10.2 Å². The minimum Gasteiger partial charge on any atom is -0.339 e. The van der Waals surface area contributed by atoms with Crippen LogP contribution in [0.5, 0.6) is 0 Å². The van der Waals surface area contributed by atoms with Gasteiger partial charge in [0, 0.05) is 25.2 Å². The minimum atomic E-state index is -0.289. The van der Waals surface area contributed by atoms with Gasteiger partial charge in [0.25, 0.3) is 0 Å². The Kier molecular flexibility index (Phi) is 5.76. The number of benzene rings is 1. The lowest BCUT2D eigenvalue weighted by Crippen LogP contribution is -2.56. The van der Waals surface area contributed by atoms with E-state index in [4.69, 9.17) is 0 Å². The van der Waals surface area contributed by atoms with Crippen LogP contribution in [0.2, 0.25) is 0 Å². The van der Waals surface area contributed by atoms with Crippen molar-refractivity contribution in [3.05, 3.63) is 35.6 Å². The number of hydrogen-bond donors (Lipinski definition) is 1.